The van der Waals surface area contributed by atoms with Gasteiger partial charge < -0.3 is 14.4 Å². The number of thiazole rings is 1. The molecule has 1 atom stereocenters. The average molecular weight is 530 g/mol. The number of fused-ring (bicyclic) bond motifs is 2. The minimum absolute atomic E-state index is 0.271. The van der Waals surface area contributed by atoms with E-state index in [1.807, 2.05) is 36.4 Å². The molecule has 0 radical (unpaired) electrons. The van der Waals surface area contributed by atoms with Crippen LogP contribution in [0.3, 0.4) is 0 Å². The Bertz CT molecular complexity index is 1680. The standard InChI is InChI=1S/C29H27N3O5S/c1-6-15-31-21-10-8-7-9-20(21)23(26(31)33)25-27(34)32-24(18-11-13-19(36-5)14-12-18)22(28(35)37-16(2)3)17(4)30-29(32)38-25/h6-14,16,24H,1,15H2,2-5H3. The van der Waals surface area contributed by atoms with Gasteiger partial charge in [0, 0.05) is 12.1 Å². The summed E-state index contributed by atoms with van der Waals surface area (Å²) in [5.74, 6) is -0.169. The van der Waals surface area contributed by atoms with Gasteiger partial charge in [0.2, 0.25) is 0 Å². The van der Waals surface area contributed by atoms with Crippen molar-refractivity contribution < 1.29 is 19.1 Å². The number of carbonyl (C=O) groups excluding carboxylic acids is 2. The van der Waals surface area contributed by atoms with E-state index in [0.717, 1.165) is 17.0 Å². The molecule has 0 saturated carbocycles. The van der Waals surface area contributed by atoms with Crippen LogP contribution < -0.4 is 24.5 Å². The summed E-state index contributed by atoms with van der Waals surface area (Å²) in [7, 11) is 1.57. The van der Waals surface area contributed by atoms with Crippen molar-refractivity contribution in [1.29, 1.82) is 0 Å². The van der Waals surface area contributed by atoms with Crippen molar-refractivity contribution in [3.05, 3.63) is 103 Å². The fraction of sp³-hybridized carbons (Fsp3) is 0.241. The summed E-state index contributed by atoms with van der Waals surface area (Å²) in [6.07, 6.45) is 1.30. The topological polar surface area (TPSA) is 90.2 Å². The fourth-order valence-corrected chi connectivity index (χ4v) is 5.96. The molecule has 194 valence electrons. The summed E-state index contributed by atoms with van der Waals surface area (Å²) in [5, 5.41) is 0. The summed E-state index contributed by atoms with van der Waals surface area (Å²) >= 11 is 1.15. The summed E-state index contributed by atoms with van der Waals surface area (Å²) < 4.78 is 12.6. The van der Waals surface area contributed by atoms with E-state index < -0.39 is 17.6 Å². The van der Waals surface area contributed by atoms with Gasteiger partial charge in [0.15, 0.2) is 4.80 Å². The molecule has 2 aliphatic rings. The molecule has 3 heterocycles. The molecule has 2 aliphatic heterocycles. The van der Waals surface area contributed by atoms with Gasteiger partial charge >= 0.3 is 5.97 Å². The number of benzene rings is 2. The molecule has 1 aromatic heterocycles. The summed E-state index contributed by atoms with van der Waals surface area (Å²) in [6, 6.07) is 13.8. The van der Waals surface area contributed by atoms with Gasteiger partial charge in [-0.25, -0.2) is 9.79 Å². The van der Waals surface area contributed by atoms with Crippen molar-refractivity contribution >= 4 is 34.5 Å². The van der Waals surface area contributed by atoms with E-state index in [1.54, 1.807) is 51.0 Å². The molecule has 3 aromatic rings. The Kier molecular flexibility index (Phi) is 6.62. The number of amides is 1. The second-order valence-corrected chi connectivity index (χ2v) is 10.2. The van der Waals surface area contributed by atoms with Crippen molar-refractivity contribution in [1.82, 2.24) is 4.57 Å². The van der Waals surface area contributed by atoms with Gasteiger partial charge in [-0.3, -0.25) is 14.2 Å². The number of allylic oxidation sites excluding steroid dienone is 1. The number of nitrogens with zero attached hydrogens (tertiary/aromatic N) is 3. The van der Waals surface area contributed by atoms with Crippen molar-refractivity contribution in [2.45, 2.75) is 32.9 Å². The lowest BCUT2D eigenvalue weighted by molar-refractivity contribution is -0.143. The number of methoxy groups -OCH3 is 1. The average Bonchev–Trinajstić information content (AvgIpc) is 3.35. The number of anilines is 1. The van der Waals surface area contributed by atoms with E-state index in [2.05, 4.69) is 11.6 Å². The SMILES string of the molecule is C=CCN1C(=O)C(=c2sc3n(c2=O)C(c2ccc(OC)cc2)C(C(=O)OC(C)C)=C(C)N=3)c2ccccc21. The predicted molar refractivity (Wildman–Crippen MR) is 146 cm³/mol. The zero-order valence-electron chi connectivity index (χ0n) is 21.6. The quantitative estimate of drug-likeness (QED) is 0.362. The number of hydrogen-bond donors (Lipinski definition) is 0. The molecule has 0 N–H and O–H groups in total. The van der Waals surface area contributed by atoms with Crippen LogP contribution >= 0.6 is 11.3 Å². The Labute approximate surface area is 223 Å². The van der Waals surface area contributed by atoms with E-state index >= 15 is 0 Å². The maximum absolute atomic E-state index is 14.1. The second kappa shape index (κ2) is 9.90. The molecule has 1 unspecified atom stereocenters. The van der Waals surface area contributed by atoms with Gasteiger partial charge in [-0.1, -0.05) is 47.7 Å². The Morgan fingerprint density at radius 2 is 1.87 bits per heavy atom. The lowest BCUT2D eigenvalue weighted by atomic mass is 9.95. The smallest absolute Gasteiger partial charge is 0.338 e. The van der Waals surface area contributed by atoms with Crippen LogP contribution in [0.1, 0.15) is 37.9 Å². The fourth-order valence-electron chi connectivity index (χ4n) is 4.82. The molecule has 1 amide bonds. The first-order chi connectivity index (χ1) is 18.3. The summed E-state index contributed by atoms with van der Waals surface area (Å²) in [4.78, 5) is 47.6. The Morgan fingerprint density at radius 3 is 2.53 bits per heavy atom. The van der Waals surface area contributed by atoms with Gasteiger partial charge in [-0.15, -0.1) is 6.58 Å². The zero-order chi connectivity index (χ0) is 27.1. The number of para-hydroxylation sites is 1. The van der Waals surface area contributed by atoms with Gasteiger partial charge in [-0.05, 0) is 44.5 Å². The van der Waals surface area contributed by atoms with Crippen LogP contribution in [0.5, 0.6) is 5.75 Å². The van der Waals surface area contributed by atoms with E-state index in [1.165, 1.54) is 4.57 Å². The highest BCUT2D eigenvalue weighted by molar-refractivity contribution is 7.07. The molecule has 9 heteroatoms. The molecule has 0 fully saturated rings. The van der Waals surface area contributed by atoms with Crippen molar-refractivity contribution in [3.8, 4) is 5.75 Å². The van der Waals surface area contributed by atoms with Crippen LogP contribution in [0.2, 0.25) is 0 Å². The van der Waals surface area contributed by atoms with Crippen LogP contribution in [0.15, 0.2) is 82.2 Å². The van der Waals surface area contributed by atoms with E-state index in [0.29, 0.717) is 39.5 Å². The predicted octanol–water partition coefficient (Wildman–Crippen LogP) is 3.10. The number of rotatable bonds is 6. The van der Waals surface area contributed by atoms with Crippen molar-refractivity contribution in [2.24, 2.45) is 4.99 Å². The minimum Gasteiger partial charge on any atom is -0.497 e. The number of ether oxygens (including phenoxy) is 2. The highest BCUT2D eigenvalue weighted by atomic mass is 32.1. The molecule has 2 aromatic carbocycles. The number of hydrogen-bond acceptors (Lipinski definition) is 7. The lowest BCUT2D eigenvalue weighted by Gasteiger charge is -2.25. The third kappa shape index (κ3) is 4.09. The third-order valence-electron chi connectivity index (χ3n) is 6.45. The first-order valence-corrected chi connectivity index (χ1v) is 13.0. The number of esters is 1. The Hall–Kier alpha value is -4.24. The van der Waals surface area contributed by atoms with Crippen LogP contribution in [0.25, 0.3) is 5.57 Å². The normalized spacial score (nSPS) is 17.8. The first-order valence-electron chi connectivity index (χ1n) is 12.2. The maximum atomic E-state index is 14.1. The van der Waals surface area contributed by atoms with Gasteiger partial charge in [0.1, 0.15) is 10.3 Å². The van der Waals surface area contributed by atoms with Crippen LogP contribution in [0, 0.1) is 0 Å². The van der Waals surface area contributed by atoms with Crippen LogP contribution in [0.4, 0.5) is 5.69 Å². The lowest BCUT2D eigenvalue weighted by Crippen LogP contribution is -2.41. The highest BCUT2D eigenvalue weighted by Crippen LogP contribution is 2.35. The number of aromatic nitrogens is 1. The monoisotopic (exact) mass is 529 g/mol. The van der Waals surface area contributed by atoms with Gasteiger partial charge in [0.05, 0.1) is 41.8 Å². The molecule has 8 nitrogen and oxygen atoms in total. The van der Waals surface area contributed by atoms with Gasteiger partial charge in [-0.2, -0.15) is 0 Å². The summed E-state index contributed by atoms with van der Waals surface area (Å²) in [5.41, 5.74) is 2.77. The highest BCUT2D eigenvalue weighted by Gasteiger charge is 2.37. The van der Waals surface area contributed by atoms with Gasteiger partial charge in [0.25, 0.3) is 11.5 Å². The minimum atomic E-state index is -0.784. The van der Waals surface area contributed by atoms with Crippen molar-refractivity contribution in [2.75, 3.05) is 18.6 Å². The van der Waals surface area contributed by atoms with Crippen LogP contribution in [-0.2, 0) is 14.3 Å². The van der Waals surface area contributed by atoms with E-state index in [-0.39, 0.29) is 22.1 Å². The Morgan fingerprint density at radius 1 is 1.16 bits per heavy atom. The van der Waals surface area contributed by atoms with Crippen molar-refractivity contribution in [3.63, 3.8) is 0 Å². The number of carbonyl (C=O) groups is 2. The molecular weight excluding hydrogens is 502 g/mol. The molecular formula is C29H27N3O5S. The van der Waals surface area contributed by atoms with Crippen LogP contribution in [-0.4, -0.2) is 36.2 Å². The largest absolute Gasteiger partial charge is 0.497 e. The maximum Gasteiger partial charge on any atom is 0.338 e. The zero-order valence-corrected chi connectivity index (χ0v) is 22.4. The first kappa shape index (κ1) is 25.4. The molecule has 5 rings (SSSR count). The molecule has 0 saturated heterocycles. The second-order valence-electron chi connectivity index (χ2n) is 9.23. The van der Waals surface area contributed by atoms with E-state index in [4.69, 9.17) is 9.47 Å². The molecule has 0 spiro atoms. The molecule has 38 heavy (non-hydrogen) atoms. The summed E-state index contributed by atoms with van der Waals surface area (Å²) in [6.45, 7) is 9.36. The molecule has 0 aliphatic carbocycles. The Balaban J connectivity index is 1.79. The van der Waals surface area contributed by atoms with E-state index in [9.17, 15) is 14.4 Å². The third-order valence-corrected chi connectivity index (χ3v) is 7.51. The molecule has 0 bridgehead atoms.